The van der Waals surface area contributed by atoms with Crippen LogP contribution < -0.4 is 15.7 Å². The standard InChI is InChI=1S/C21H27NO4SSi/c1-21(2,3)28(16-11-7-5-8-12-16,17-13-9-6-10-14-17)26-15-18-19(23)22-20(18)27(4,24)25/h5-14,18,20H,15H2,1-4H3,(H,22,23). The lowest BCUT2D eigenvalue weighted by Gasteiger charge is -2.45. The van der Waals surface area contributed by atoms with Gasteiger partial charge in [-0.15, -0.1) is 0 Å². The number of hydrogen-bond donors (Lipinski definition) is 1. The predicted octanol–water partition coefficient (Wildman–Crippen LogP) is 1.68. The molecule has 2 aromatic carbocycles. The van der Waals surface area contributed by atoms with Gasteiger partial charge in [0, 0.05) is 12.9 Å². The summed E-state index contributed by atoms with van der Waals surface area (Å²) >= 11 is 0. The second kappa shape index (κ2) is 7.46. The van der Waals surface area contributed by atoms with Gasteiger partial charge in [-0.1, -0.05) is 81.4 Å². The summed E-state index contributed by atoms with van der Waals surface area (Å²) < 4.78 is 30.6. The molecule has 0 aromatic heterocycles. The number of carbonyl (C=O) groups is 1. The van der Waals surface area contributed by atoms with E-state index in [1.807, 2.05) is 36.4 Å². The molecule has 1 heterocycles. The molecule has 0 aliphatic carbocycles. The van der Waals surface area contributed by atoms with Crippen molar-refractivity contribution in [2.45, 2.75) is 31.2 Å². The maximum Gasteiger partial charge on any atom is 0.261 e. The first-order chi connectivity index (χ1) is 13.1. The monoisotopic (exact) mass is 417 g/mol. The van der Waals surface area contributed by atoms with Crippen molar-refractivity contribution in [3.8, 4) is 0 Å². The van der Waals surface area contributed by atoms with E-state index >= 15 is 0 Å². The number of nitrogens with one attached hydrogen (secondary N) is 1. The van der Waals surface area contributed by atoms with Crippen LogP contribution in [0.25, 0.3) is 0 Å². The van der Waals surface area contributed by atoms with Crippen molar-refractivity contribution >= 4 is 34.4 Å². The Morgan fingerprint density at radius 1 is 0.964 bits per heavy atom. The Hall–Kier alpha value is -1.96. The number of β-lactam (4-membered cyclic amide) rings is 1. The number of sulfone groups is 1. The maximum atomic E-state index is 12.1. The van der Waals surface area contributed by atoms with Gasteiger partial charge in [0.25, 0.3) is 8.32 Å². The van der Waals surface area contributed by atoms with Crippen molar-refractivity contribution in [1.82, 2.24) is 5.32 Å². The molecule has 2 atom stereocenters. The minimum absolute atomic E-state index is 0.0802. The first-order valence-corrected chi connectivity index (χ1v) is 13.2. The molecule has 1 amide bonds. The van der Waals surface area contributed by atoms with Crippen molar-refractivity contribution in [3.63, 3.8) is 0 Å². The fourth-order valence-corrected chi connectivity index (χ4v) is 9.65. The van der Waals surface area contributed by atoms with Crippen LogP contribution in [0.1, 0.15) is 20.8 Å². The third-order valence-electron chi connectivity index (χ3n) is 5.34. The van der Waals surface area contributed by atoms with E-state index in [1.54, 1.807) is 0 Å². The second-order valence-electron chi connectivity index (χ2n) is 8.34. The summed E-state index contributed by atoms with van der Waals surface area (Å²) in [6.45, 7) is 6.52. The summed E-state index contributed by atoms with van der Waals surface area (Å²) in [4.78, 5) is 12.1. The van der Waals surface area contributed by atoms with E-state index in [-0.39, 0.29) is 17.6 Å². The Morgan fingerprint density at radius 2 is 1.43 bits per heavy atom. The second-order valence-corrected chi connectivity index (χ2v) is 14.8. The lowest BCUT2D eigenvalue weighted by molar-refractivity contribution is -0.133. The zero-order chi connectivity index (χ0) is 20.6. The van der Waals surface area contributed by atoms with Crippen molar-refractivity contribution in [3.05, 3.63) is 60.7 Å². The third-order valence-corrected chi connectivity index (χ3v) is 11.7. The van der Waals surface area contributed by atoms with Crippen molar-refractivity contribution in [2.75, 3.05) is 12.9 Å². The average molecular weight is 418 g/mol. The molecule has 2 unspecified atom stereocenters. The molecular formula is C21H27NO4SSi. The summed E-state index contributed by atoms with van der Waals surface area (Å²) in [5, 5.41) is 3.60. The van der Waals surface area contributed by atoms with Gasteiger partial charge < -0.3 is 9.74 Å². The van der Waals surface area contributed by atoms with E-state index in [9.17, 15) is 13.2 Å². The molecule has 1 aliphatic heterocycles. The van der Waals surface area contributed by atoms with Gasteiger partial charge in [-0.05, 0) is 15.4 Å². The third kappa shape index (κ3) is 3.66. The number of benzene rings is 2. The molecule has 5 nitrogen and oxygen atoms in total. The van der Waals surface area contributed by atoms with E-state index in [2.05, 4.69) is 50.4 Å². The molecule has 7 heteroatoms. The Bertz CT molecular complexity index is 900. The van der Waals surface area contributed by atoms with Gasteiger partial charge in [0.05, 0.1) is 5.92 Å². The van der Waals surface area contributed by atoms with Crippen LogP contribution in [0.5, 0.6) is 0 Å². The first-order valence-electron chi connectivity index (χ1n) is 9.31. The molecular weight excluding hydrogens is 390 g/mol. The maximum absolute atomic E-state index is 12.1. The lowest BCUT2D eigenvalue weighted by Crippen LogP contribution is -2.69. The molecule has 2 aromatic rings. The Balaban J connectivity index is 2.06. The highest BCUT2D eigenvalue weighted by atomic mass is 32.2. The van der Waals surface area contributed by atoms with Crippen LogP contribution >= 0.6 is 0 Å². The molecule has 3 rings (SSSR count). The van der Waals surface area contributed by atoms with Gasteiger partial charge in [0.1, 0.15) is 5.37 Å². The van der Waals surface area contributed by atoms with Crippen molar-refractivity contribution < 1.29 is 17.6 Å². The Kier molecular flexibility index (Phi) is 5.53. The molecule has 1 N–H and O–H groups in total. The summed E-state index contributed by atoms with van der Waals surface area (Å²) in [5.41, 5.74) is 0. The molecule has 1 aliphatic rings. The van der Waals surface area contributed by atoms with Gasteiger partial charge in [-0.3, -0.25) is 4.79 Å². The van der Waals surface area contributed by atoms with Crippen LogP contribution in [0, 0.1) is 5.92 Å². The van der Waals surface area contributed by atoms with E-state index in [4.69, 9.17) is 4.43 Å². The van der Waals surface area contributed by atoms with E-state index < -0.39 is 29.4 Å². The van der Waals surface area contributed by atoms with Crippen molar-refractivity contribution in [1.29, 1.82) is 0 Å². The Morgan fingerprint density at radius 3 is 1.79 bits per heavy atom. The number of hydrogen-bond acceptors (Lipinski definition) is 4. The average Bonchev–Trinajstić information content (AvgIpc) is 2.62. The van der Waals surface area contributed by atoms with Gasteiger partial charge in [0.2, 0.25) is 5.91 Å². The van der Waals surface area contributed by atoms with Crippen LogP contribution in [-0.4, -0.2) is 40.9 Å². The van der Waals surface area contributed by atoms with Gasteiger partial charge in [-0.25, -0.2) is 8.42 Å². The topological polar surface area (TPSA) is 72.5 Å². The molecule has 0 bridgehead atoms. The SMILES string of the molecule is CC(C)(C)[Si](OCC1C(=O)NC1S(C)(=O)=O)(c1ccccc1)c1ccccc1. The summed E-state index contributed by atoms with van der Waals surface area (Å²) in [5.74, 6) is -0.954. The molecule has 1 saturated heterocycles. The molecule has 0 radical (unpaired) electrons. The number of amides is 1. The highest BCUT2D eigenvalue weighted by Gasteiger charge is 2.53. The lowest BCUT2D eigenvalue weighted by atomic mass is 10.0. The van der Waals surface area contributed by atoms with E-state index in [1.165, 1.54) is 0 Å². The predicted molar refractivity (Wildman–Crippen MR) is 114 cm³/mol. The van der Waals surface area contributed by atoms with Gasteiger partial charge in [-0.2, -0.15) is 0 Å². The largest absolute Gasteiger partial charge is 0.406 e. The van der Waals surface area contributed by atoms with Gasteiger partial charge >= 0.3 is 0 Å². The fraction of sp³-hybridized carbons (Fsp3) is 0.381. The minimum Gasteiger partial charge on any atom is -0.406 e. The Labute approximate surface area is 168 Å². The summed E-state index contributed by atoms with van der Waals surface area (Å²) in [6, 6.07) is 20.2. The molecule has 0 saturated carbocycles. The smallest absolute Gasteiger partial charge is 0.261 e. The highest BCUT2D eigenvalue weighted by molar-refractivity contribution is 7.91. The summed E-state index contributed by atoms with van der Waals surface area (Å²) in [7, 11) is -6.16. The van der Waals surface area contributed by atoms with Gasteiger partial charge in [0.15, 0.2) is 9.84 Å². The van der Waals surface area contributed by atoms with Crippen LogP contribution in [-0.2, 0) is 19.1 Å². The highest BCUT2D eigenvalue weighted by Crippen LogP contribution is 2.37. The van der Waals surface area contributed by atoms with E-state index in [0.717, 1.165) is 16.6 Å². The number of rotatable bonds is 6. The van der Waals surface area contributed by atoms with Crippen LogP contribution in [0.15, 0.2) is 60.7 Å². The fourth-order valence-electron chi connectivity index (χ4n) is 3.93. The first kappa shape index (κ1) is 20.8. The molecule has 150 valence electrons. The normalized spacial score (nSPS) is 20.4. The molecule has 0 spiro atoms. The zero-order valence-corrected chi connectivity index (χ0v) is 18.5. The zero-order valence-electron chi connectivity index (χ0n) is 16.7. The minimum atomic E-state index is -3.38. The molecule has 28 heavy (non-hydrogen) atoms. The van der Waals surface area contributed by atoms with Crippen LogP contribution in [0.3, 0.4) is 0 Å². The van der Waals surface area contributed by atoms with E-state index in [0.29, 0.717) is 0 Å². The number of carbonyl (C=O) groups excluding carboxylic acids is 1. The quantitative estimate of drug-likeness (QED) is 0.573. The van der Waals surface area contributed by atoms with Crippen molar-refractivity contribution in [2.24, 2.45) is 5.92 Å². The summed E-state index contributed by atoms with van der Waals surface area (Å²) in [6.07, 6.45) is 1.15. The van der Waals surface area contributed by atoms with Crippen LogP contribution in [0.2, 0.25) is 5.04 Å². The molecule has 1 fully saturated rings. The van der Waals surface area contributed by atoms with Crippen LogP contribution in [0.4, 0.5) is 0 Å².